The number of aromatic amines is 2. The molecule has 8 heteroatoms. The number of aromatic nitrogens is 4. The van der Waals surface area contributed by atoms with Crippen LogP contribution in [0.1, 0.15) is 67.0 Å². The number of imidazole rings is 2. The Bertz CT molecular complexity index is 1380. The summed E-state index contributed by atoms with van der Waals surface area (Å²) in [5.74, 6) is 1.58. The summed E-state index contributed by atoms with van der Waals surface area (Å²) in [6.07, 6.45) is 10.1. The molecule has 2 aliphatic rings. The zero-order valence-electron chi connectivity index (χ0n) is 20.1. The first kappa shape index (κ1) is 22.1. The van der Waals surface area contributed by atoms with Crippen LogP contribution in [0.3, 0.4) is 0 Å². The zero-order chi connectivity index (χ0) is 23.9. The van der Waals surface area contributed by atoms with E-state index in [0.29, 0.717) is 40.9 Å². The summed E-state index contributed by atoms with van der Waals surface area (Å²) < 4.78 is 6.25. The van der Waals surface area contributed by atoms with Crippen LogP contribution in [0.5, 0.6) is 5.75 Å². The molecule has 182 valence electrons. The Hall–Kier alpha value is -3.39. The topological polar surface area (TPSA) is 113 Å². The first-order chi connectivity index (χ1) is 17.1. The number of primary amides is 1. The maximum atomic E-state index is 12.4. The molecule has 4 aromatic rings. The molecule has 1 aliphatic carbocycles. The summed E-state index contributed by atoms with van der Waals surface area (Å²) in [4.78, 5) is 30.9. The van der Waals surface area contributed by atoms with Crippen molar-refractivity contribution in [2.45, 2.75) is 56.9 Å². The molecule has 1 aliphatic heterocycles. The van der Waals surface area contributed by atoms with Gasteiger partial charge in [0.1, 0.15) is 23.7 Å². The zero-order valence-corrected chi connectivity index (χ0v) is 20.1. The van der Waals surface area contributed by atoms with Gasteiger partial charge in [0, 0.05) is 17.5 Å². The second-order valence-corrected chi connectivity index (χ2v) is 10.1. The van der Waals surface area contributed by atoms with Crippen LogP contribution < -0.4 is 10.5 Å². The van der Waals surface area contributed by atoms with Crippen molar-refractivity contribution in [3.8, 4) is 16.9 Å². The molecule has 0 spiro atoms. The van der Waals surface area contributed by atoms with E-state index in [1.54, 1.807) is 6.33 Å². The summed E-state index contributed by atoms with van der Waals surface area (Å²) in [5.41, 5.74) is 11.3. The molecule has 1 unspecified atom stereocenters. The smallest absolute Gasteiger partial charge is 0.254 e. The van der Waals surface area contributed by atoms with E-state index in [4.69, 9.17) is 15.5 Å². The van der Waals surface area contributed by atoms with Crippen LogP contribution in [0, 0.1) is 0 Å². The van der Waals surface area contributed by atoms with Crippen molar-refractivity contribution < 1.29 is 9.53 Å². The summed E-state index contributed by atoms with van der Waals surface area (Å²) in [6, 6.07) is 8.49. The van der Waals surface area contributed by atoms with Crippen LogP contribution >= 0.6 is 0 Å². The standard InChI is InChI=1S/C27H32N6O2/c1-33-11-5-8-18(33)14-35-22-13-19(24-25(30-15-29-24)23(22)26(28)34)17-9-10-20-21(12-17)32-27(31-20)16-6-3-2-4-7-16/h9-10,12-13,15-16,18H,2-8,11,14H2,1H3,(H2,28,34)(H,29,30)(H,31,32). The molecular weight excluding hydrogens is 440 g/mol. The number of H-pyrrole nitrogens is 2. The van der Waals surface area contributed by atoms with Gasteiger partial charge in [-0.2, -0.15) is 0 Å². The molecule has 2 fully saturated rings. The first-order valence-corrected chi connectivity index (χ1v) is 12.7. The highest BCUT2D eigenvalue weighted by Gasteiger charge is 2.25. The molecule has 1 amide bonds. The maximum absolute atomic E-state index is 12.4. The number of fused-ring (bicyclic) bond motifs is 2. The fourth-order valence-electron chi connectivity index (χ4n) is 5.80. The summed E-state index contributed by atoms with van der Waals surface area (Å²) in [7, 11) is 2.11. The number of rotatable bonds is 6. The lowest BCUT2D eigenvalue weighted by Gasteiger charge is -2.21. The lowest BCUT2D eigenvalue weighted by Crippen LogP contribution is -2.31. The van der Waals surface area contributed by atoms with Crippen LogP contribution in [0.15, 0.2) is 30.6 Å². The Balaban J connectivity index is 1.40. The number of benzene rings is 2. The Morgan fingerprint density at radius 1 is 1.17 bits per heavy atom. The van der Waals surface area contributed by atoms with Crippen LogP contribution in [0.2, 0.25) is 0 Å². The van der Waals surface area contributed by atoms with Gasteiger partial charge < -0.3 is 25.3 Å². The fraction of sp³-hybridized carbons (Fsp3) is 0.444. The molecular formula is C27H32N6O2. The molecule has 1 saturated carbocycles. The van der Waals surface area contributed by atoms with E-state index in [-0.39, 0.29) is 0 Å². The van der Waals surface area contributed by atoms with E-state index >= 15 is 0 Å². The fourth-order valence-corrected chi connectivity index (χ4v) is 5.80. The first-order valence-electron chi connectivity index (χ1n) is 12.7. The van der Waals surface area contributed by atoms with E-state index in [1.807, 2.05) is 6.07 Å². The predicted octanol–water partition coefficient (Wildman–Crippen LogP) is 4.73. The normalized spacial score (nSPS) is 19.6. The third-order valence-corrected chi connectivity index (χ3v) is 7.82. The van der Waals surface area contributed by atoms with Gasteiger partial charge in [0.15, 0.2) is 0 Å². The average Bonchev–Trinajstić information content (AvgIpc) is 3.61. The molecule has 0 bridgehead atoms. The molecule has 3 heterocycles. The SMILES string of the molecule is CN1CCCC1COc1cc(-c2ccc3nc(C4CCCCC4)[nH]c3c2)c2nc[nH]c2c1C(N)=O. The number of nitrogens with zero attached hydrogens (tertiary/aromatic N) is 3. The van der Waals surface area contributed by atoms with E-state index in [9.17, 15) is 4.79 Å². The maximum Gasteiger partial charge on any atom is 0.254 e. The number of amides is 1. The van der Waals surface area contributed by atoms with Gasteiger partial charge in [-0.3, -0.25) is 4.79 Å². The Labute approximate surface area is 204 Å². The third kappa shape index (κ3) is 4.05. The van der Waals surface area contributed by atoms with E-state index in [0.717, 1.165) is 47.4 Å². The van der Waals surface area contributed by atoms with Gasteiger partial charge in [-0.15, -0.1) is 0 Å². The lowest BCUT2D eigenvalue weighted by molar-refractivity contribution is 0.0996. The number of carbonyl (C=O) groups is 1. The average molecular weight is 473 g/mol. The minimum absolute atomic E-state index is 0.330. The molecule has 4 N–H and O–H groups in total. The molecule has 0 radical (unpaired) electrons. The van der Waals surface area contributed by atoms with Gasteiger partial charge >= 0.3 is 0 Å². The van der Waals surface area contributed by atoms with E-state index in [1.165, 1.54) is 32.1 Å². The van der Waals surface area contributed by atoms with E-state index in [2.05, 4.69) is 45.1 Å². The molecule has 1 atom stereocenters. The number of ether oxygens (including phenoxy) is 1. The minimum Gasteiger partial charge on any atom is -0.491 e. The molecule has 8 nitrogen and oxygen atoms in total. The number of nitrogens with two attached hydrogens (primary N) is 1. The van der Waals surface area contributed by atoms with Gasteiger partial charge in [-0.1, -0.05) is 25.3 Å². The largest absolute Gasteiger partial charge is 0.491 e. The molecule has 2 aromatic heterocycles. The second kappa shape index (κ2) is 9.00. The van der Waals surface area contributed by atoms with E-state index < -0.39 is 5.91 Å². The summed E-state index contributed by atoms with van der Waals surface area (Å²) in [6.45, 7) is 1.58. The van der Waals surface area contributed by atoms with Gasteiger partial charge in [0.2, 0.25) is 0 Å². The highest BCUT2D eigenvalue weighted by atomic mass is 16.5. The van der Waals surface area contributed by atoms with Crippen molar-refractivity contribution in [3.05, 3.63) is 42.0 Å². The predicted molar refractivity (Wildman–Crippen MR) is 137 cm³/mol. The van der Waals surface area contributed by atoms with Crippen molar-refractivity contribution in [1.29, 1.82) is 0 Å². The van der Waals surface area contributed by atoms with Gasteiger partial charge in [0.05, 0.1) is 28.4 Å². The van der Waals surface area contributed by atoms with Crippen molar-refractivity contribution >= 4 is 28.0 Å². The Morgan fingerprint density at radius 3 is 2.80 bits per heavy atom. The molecule has 6 rings (SSSR count). The number of likely N-dealkylation sites (N-methyl/N-ethyl adjacent to an activating group) is 1. The van der Waals surface area contributed by atoms with Crippen molar-refractivity contribution in [2.75, 3.05) is 20.2 Å². The van der Waals surface area contributed by atoms with Crippen LogP contribution in [0.25, 0.3) is 33.2 Å². The van der Waals surface area contributed by atoms with Crippen LogP contribution in [-0.2, 0) is 0 Å². The Morgan fingerprint density at radius 2 is 2.03 bits per heavy atom. The molecule has 1 saturated heterocycles. The Kier molecular flexibility index (Phi) is 5.68. The summed E-state index contributed by atoms with van der Waals surface area (Å²) >= 11 is 0. The van der Waals surface area contributed by atoms with Crippen LogP contribution in [0.4, 0.5) is 0 Å². The number of hydrogen-bond donors (Lipinski definition) is 3. The van der Waals surface area contributed by atoms with Crippen molar-refractivity contribution in [2.24, 2.45) is 5.73 Å². The molecule has 2 aromatic carbocycles. The second-order valence-electron chi connectivity index (χ2n) is 10.1. The van der Waals surface area contributed by atoms with Gasteiger partial charge in [0.25, 0.3) is 5.91 Å². The highest BCUT2D eigenvalue weighted by Crippen LogP contribution is 2.37. The van der Waals surface area contributed by atoms with Crippen molar-refractivity contribution in [1.82, 2.24) is 24.8 Å². The summed E-state index contributed by atoms with van der Waals surface area (Å²) in [5, 5.41) is 0. The monoisotopic (exact) mass is 472 g/mol. The van der Waals surface area contributed by atoms with Gasteiger partial charge in [-0.05, 0) is 63.0 Å². The number of hydrogen-bond acceptors (Lipinski definition) is 5. The quantitative estimate of drug-likeness (QED) is 0.376. The van der Waals surface area contributed by atoms with Crippen LogP contribution in [-0.4, -0.2) is 57.0 Å². The van der Waals surface area contributed by atoms with Crippen molar-refractivity contribution in [3.63, 3.8) is 0 Å². The van der Waals surface area contributed by atoms with Gasteiger partial charge in [-0.25, -0.2) is 9.97 Å². The highest BCUT2D eigenvalue weighted by molar-refractivity contribution is 6.10. The third-order valence-electron chi connectivity index (χ3n) is 7.82. The minimum atomic E-state index is -0.526. The molecule has 35 heavy (non-hydrogen) atoms. The lowest BCUT2D eigenvalue weighted by atomic mass is 9.89. The number of likely N-dealkylation sites (tertiary alicyclic amines) is 1. The number of carbonyl (C=O) groups excluding carboxylic acids is 1. The number of nitrogens with one attached hydrogen (secondary N) is 2.